The van der Waals surface area contributed by atoms with Crippen molar-refractivity contribution in [3.8, 4) is 0 Å². The molecule has 8 heteroatoms. The van der Waals surface area contributed by atoms with Crippen molar-refractivity contribution in [3.63, 3.8) is 0 Å². The predicted octanol–water partition coefficient (Wildman–Crippen LogP) is -1.22. The van der Waals surface area contributed by atoms with E-state index < -0.39 is 23.1 Å². The number of carbonyl (C=O) groups is 2. The third-order valence-corrected chi connectivity index (χ3v) is 3.52. The Hall–Kier alpha value is -2.38. The van der Waals surface area contributed by atoms with E-state index in [1.54, 1.807) is 6.92 Å². The van der Waals surface area contributed by atoms with E-state index in [9.17, 15) is 19.2 Å². The van der Waals surface area contributed by atoms with Gasteiger partial charge in [-0.1, -0.05) is 6.92 Å². The average Bonchev–Trinajstić information content (AvgIpc) is 2.24. The monoisotopic (exact) mass is 281 g/mol. The van der Waals surface area contributed by atoms with E-state index in [1.165, 1.54) is 4.90 Å². The maximum Gasteiger partial charge on any atom is 0.325 e. The Morgan fingerprint density at radius 2 is 2.05 bits per heavy atom. The van der Waals surface area contributed by atoms with Gasteiger partial charge in [0.05, 0.1) is 12.3 Å². The number of carboxylic acids is 1. The zero-order chi connectivity index (χ0) is 14.9. The lowest BCUT2D eigenvalue weighted by atomic mass is 9.87. The van der Waals surface area contributed by atoms with Crippen molar-refractivity contribution in [3.05, 3.63) is 32.6 Å². The van der Waals surface area contributed by atoms with Crippen LogP contribution in [0.1, 0.15) is 12.6 Å². The Bertz CT molecular complexity index is 613. The Morgan fingerprint density at radius 3 is 2.60 bits per heavy atom. The van der Waals surface area contributed by atoms with Gasteiger partial charge in [0.15, 0.2) is 0 Å². The molecular formula is C12H15N3O5. The number of carboxylic acid groups (broad SMARTS) is 1. The van der Waals surface area contributed by atoms with Gasteiger partial charge in [-0.25, -0.2) is 4.79 Å². The van der Waals surface area contributed by atoms with Crippen molar-refractivity contribution in [1.82, 2.24) is 14.9 Å². The summed E-state index contributed by atoms with van der Waals surface area (Å²) in [6.07, 6.45) is -0.0761. The number of H-pyrrole nitrogens is 2. The van der Waals surface area contributed by atoms with Crippen molar-refractivity contribution < 1.29 is 14.7 Å². The lowest BCUT2D eigenvalue weighted by Gasteiger charge is -2.41. The predicted molar refractivity (Wildman–Crippen MR) is 68.3 cm³/mol. The summed E-state index contributed by atoms with van der Waals surface area (Å²) in [5, 5.41) is 8.86. The van der Waals surface area contributed by atoms with Gasteiger partial charge in [-0.05, 0) is 0 Å². The van der Waals surface area contributed by atoms with Crippen LogP contribution in [-0.2, 0) is 16.0 Å². The molecule has 0 aliphatic carbocycles. The van der Waals surface area contributed by atoms with E-state index in [0.29, 0.717) is 13.1 Å². The van der Waals surface area contributed by atoms with Gasteiger partial charge < -0.3 is 15.0 Å². The third kappa shape index (κ3) is 2.95. The maximum absolute atomic E-state index is 11.9. The number of aliphatic carboxylic acids is 1. The van der Waals surface area contributed by atoms with Crippen LogP contribution in [0.5, 0.6) is 0 Å². The molecule has 1 aliphatic heterocycles. The molecule has 1 aromatic rings. The molecule has 1 unspecified atom stereocenters. The van der Waals surface area contributed by atoms with Crippen molar-refractivity contribution in [2.24, 2.45) is 11.8 Å². The minimum Gasteiger partial charge on any atom is -0.481 e. The molecule has 0 aromatic carbocycles. The topological polar surface area (TPSA) is 123 Å². The number of aromatic amines is 2. The first kappa shape index (κ1) is 14.0. The molecule has 2 rings (SSSR count). The summed E-state index contributed by atoms with van der Waals surface area (Å²) in [5.41, 5.74) is -0.961. The number of amides is 1. The zero-order valence-electron chi connectivity index (χ0n) is 10.9. The fourth-order valence-corrected chi connectivity index (χ4v) is 2.12. The van der Waals surface area contributed by atoms with Crippen molar-refractivity contribution in [2.75, 3.05) is 13.1 Å². The van der Waals surface area contributed by atoms with Crippen molar-refractivity contribution in [2.45, 2.75) is 13.3 Å². The highest BCUT2D eigenvalue weighted by atomic mass is 16.4. The highest BCUT2D eigenvalue weighted by Crippen LogP contribution is 2.24. The molecule has 0 saturated carbocycles. The number of rotatable bonds is 4. The summed E-state index contributed by atoms with van der Waals surface area (Å²) in [6.45, 7) is 2.39. The molecule has 1 saturated heterocycles. The molecule has 0 radical (unpaired) electrons. The second-order valence-corrected chi connectivity index (χ2v) is 4.98. The third-order valence-electron chi connectivity index (χ3n) is 3.52. The molecule has 1 aromatic heterocycles. The largest absolute Gasteiger partial charge is 0.481 e. The van der Waals surface area contributed by atoms with Crippen LogP contribution in [0.2, 0.25) is 0 Å². The highest BCUT2D eigenvalue weighted by Gasteiger charge is 2.36. The van der Waals surface area contributed by atoms with Gasteiger partial charge in [-0.3, -0.25) is 19.4 Å². The van der Waals surface area contributed by atoms with Crippen LogP contribution in [0.4, 0.5) is 0 Å². The molecule has 1 fully saturated rings. The smallest absolute Gasteiger partial charge is 0.325 e. The van der Waals surface area contributed by atoms with Crippen LogP contribution in [0, 0.1) is 11.8 Å². The first-order chi connectivity index (χ1) is 9.36. The van der Waals surface area contributed by atoms with Gasteiger partial charge in [-0.2, -0.15) is 0 Å². The van der Waals surface area contributed by atoms with Gasteiger partial charge in [-0.15, -0.1) is 0 Å². The standard InChI is InChI=1S/C12H15N3O5/c1-6(11(18)19)7-4-15(5-7)10(17)3-8-2-9(16)14-12(20)13-8/h2,6-7H,3-5H2,1H3,(H,18,19)(H2,13,14,16,20). The van der Waals surface area contributed by atoms with E-state index in [4.69, 9.17) is 5.11 Å². The number of likely N-dealkylation sites (tertiary alicyclic amines) is 1. The van der Waals surface area contributed by atoms with Crippen LogP contribution < -0.4 is 11.2 Å². The molecule has 2 heterocycles. The summed E-state index contributed by atoms with van der Waals surface area (Å²) in [5.74, 6) is -1.64. The van der Waals surface area contributed by atoms with Gasteiger partial charge in [0.25, 0.3) is 5.56 Å². The fraction of sp³-hybridized carbons (Fsp3) is 0.500. The first-order valence-electron chi connectivity index (χ1n) is 6.20. The van der Waals surface area contributed by atoms with Gasteiger partial charge in [0, 0.05) is 30.8 Å². The quantitative estimate of drug-likeness (QED) is 0.638. The maximum atomic E-state index is 11.9. The fourth-order valence-electron chi connectivity index (χ4n) is 2.12. The molecule has 108 valence electrons. The number of nitrogens with one attached hydrogen (secondary N) is 2. The Kier molecular flexibility index (Phi) is 3.73. The van der Waals surface area contributed by atoms with E-state index in [2.05, 4.69) is 4.98 Å². The van der Waals surface area contributed by atoms with E-state index in [1.807, 2.05) is 4.98 Å². The highest BCUT2D eigenvalue weighted by molar-refractivity contribution is 5.79. The second-order valence-electron chi connectivity index (χ2n) is 4.98. The van der Waals surface area contributed by atoms with E-state index >= 15 is 0 Å². The first-order valence-corrected chi connectivity index (χ1v) is 6.20. The molecular weight excluding hydrogens is 266 g/mol. The molecule has 8 nitrogen and oxygen atoms in total. The molecule has 1 amide bonds. The Balaban J connectivity index is 1.93. The molecule has 1 atom stereocenters. The van der Waals surface area contributed by atoms with Gasteiger partial charge in [0.2, 0.25) is 5.91 Å². The van der Waals surface area contributed by atoms with Gasteiger partial charge >= 0.3 is 11.7 Å². The summed E-state index contributed by atoms with van der Waals surface area (Å²) < 4.78 is 0. The molecule has 1 aliphatic rings. The number of carbonyl (C=O) groups excluding carboxylic acids is 1. The summed E-state index contributed by atoms with van der Waals surface area (Å²) >= 11 is 0. The van der Waals surface area contributed by atoms with Gasteiger partial charge in [0.1, 0.15) is 0 Å². The number of hydrogen-bond donors (Lipinski definition) is 3. The van der Waals surface area contributed by atoms with E-state index in [0.717, 1.165) is 6.07 Å². The minimum absolute atomic E-state index is 0.0466. The molecule has 3 N–H and O–H groups in total. The van der Waals surface area contributed by atoms with E-state index in [-0.39, 0.29) is 23.9 Å². The Morgan fingerprint density at radius 1 is 1.40 bits per heavy atom. The molecule has 0 spiro atoms. The van der Waals surface area contributed by atoms with Crippen LogP contribution in [0.15, 0.2) is 15.7 Å². The average molecular weight is 281 g/mol. The van der Waals surface area contributed by atoms with Crippen molar-refractivity contribution in [1.29, 1.82) is 0 Å². The summed E-state index contributed by atoms with van der Waals surface area (Å²) in [4.78, 5) is 50.8. The van der Waals surface area contributed by atoms with Crippen LogP contribution in [0.25, 0.3) is 0 Å². The Labute approximate surface area is 113 Å². The lowest BCUT2D eigenvalue weighted by molar-refractivity contribution is -0.150. The molecule has 0 bridgehead atoms. The van der Waals surface area contributed by atoms with Crippen molar-refractivity contribution >= 4 is 11.9 Å². The van der Waals surface area contributed by atoms with Crippen LogP contribution in [0.3, 0.4) is 0 Å². The lowest BCUT2D eigenvalue weighted by Crippen LogP contribution is -2.54. The molecule has 20 heavy (non-hydrogen) atoms. The number of aromatic nitrogens is 2. The van der Waals surface area contributed by atoms with Crippen LogP contribution in [-0.4, -0.2) is 44.9 Å². The second kappa shape index (κ2) is 5.32. The summed E-state index contributed by atoms with van der Waals surface area (Å²) in [6, 6.07) is 1.16. The zero-order valence-corrected chi connectivity index (χ0v) is 10.9. The normalized spacial score (nSPS) is 16.6. The minimum atomic E-state index is -0.874. The van der Waals surface area contributed by atoms with Crippen LogP contribution >= 0.6 is 0 Å². The summed E-state index contributed by atoms with van der Waals surface area (Å²) in [7, 11) is 0. The SMILES string of the molecule is CC(C(=O)O)C1CN(C(=O)Cc2cc(=O)[nH]c(=O)[nH]2)C1. The number of hydrogen-bond acceptors (Lipinski definition) is 4. The number of nitrogens with zero attached hydrogens (tertiary/aromatic N) is 1.